The molecule has 0 aliphatic heterocycles. The van der Waals surface area contributed by atoms with E-state index in [2.05, 4.69) is 15.5 Å². The van der Waals surface area contributed by atoms with Crippen LogP contribution in [-0.2, 0) is 19.5 Å². The van der Waals surface area contributed by atoms with Crippen molar-refractivity contribution in [2.75, 3.05) is 11.9 Å². The summed E-state index contributed by atoms with van der Waals surface area (Å²) in [4.78, 5) is 21.9. The molecule has 0 bridgehead atoms. The lowest BCUT2D eigenvalue weighted by Crippen LogP contribution is -2.25. The summed E-state index contributed by atoms with van der Waals surface area (Å²) in [7, 11) is -3.31. The Morgan fingerprint density at radius 1 is 1.41 bits per heavy atom. The van der Waals surface area contributed by atoms with Gasteiger partial charge in [0.2, 0.25) is 0 Å². The van der Waals surface area contributed by atoms with Crippen LogP contribution in [-0.4, -0.2) is 48.1 Å². The first-order valence-electron chi connectivity index (χ1n) is 8.31. The minimum absolute atomic E-state index is 0.0409. The van der Waals surface area contributed by atoms with Crippen molar-refractivity contribution in [3.05, 3.63) is 41.4 Å². The van der Waals surface area contributed by atoms with Gasteiger partial charge >= 0.3 is 0 Å². The Kier molecular flexibility index (Phi) is 5.88. The third kappa shape index (κ3) is 4.71. The van der Waals surface area contributed by atoms with Crippen molar-refractivity contribution in [3.63, 3.8) is 0 Å². The monoisotopic (exact) mass is 409 g/mol. The molecule has 1 saturated carbocycles. The van der Waals surface area contributed by atoms with Crippen LogP contribution in [0.15, 0.2) is 45.9 Å². The van der Waals surface area contributed by atoms with E-state index in [4.69, 9.17) is 9.94 Å². The molecule has 1 aromatic carbocycles. The van der Waals surface area contributed by atoms with E-state index in [0.717, 1.165) is 0 Å². The molecule has 0 radical (unpaired) electrons. The van der Waals surface area contributed by atoms with Gasteiger partial charge in [-0.15, -0.1) is 11.3 Å². The minimum atomic E-state index is -3.31. The molecule has 0 unspecified atom stereocenters. The molecule has 10 heteroatoms. The van der Waals surface area contributed by atoms with Crippen LogP contribution < -0.4 is 5.32 Å². The number of aliphatic hydroxyl groups is 1. The molecule has 144 valence electrons. The average Bonchev–Trinajstić information content (AvgIpc) is 3.41. The molecule has 1 heterocycles. The van der Waals surface area contributed by atoms with Crippen LogP contribution in [0.25, 0.3) is 0 Å². The summed E-state index contributed by atoms with van der Waals surface area (Å²) in [6.45, 7) is 1.34. The smallest absolute Gasteiger partial charge is 0.280 e. The lowest BCUT2D eigenvalue weighted by Gasteiger charge is -2.10. The topological polar surface area (TPSA) is 118 Å². The third-order valence-electron chi connectivity index (χ3n) is 3.87. The van der Waals surface area contributed by atoms with Crippen molar-refractivity contribution >= 4 is 37.9 Å². The fourth-order valence-corrected chi connectivity index (χ4v) is 4.40. The number of aromatic nitrogens is 1. The summed E-state index contributed by atoms with van der Waals surface area (Å²) in [6.07, 6.45) is 2.32. The normalized spacial score (nSPS) is 16.0. The van der Waals surface area contributed by atoms with Gasteiger partial charge in [-0.1, -0.05) is 17.3 Å². The van der Waals surface area contributed by atoms with Gasteiger partial charge in [0.25, 0.3) is 5.91 Å². The zero-order chi connectivity index (χ0) is 19.4. The molecule has 1 amide bonds. The highest BCUT2D eigenvalue weighted by atomic mass is 32.2. The second kappa shape index (κ2) is 8.15. The molecule has 1 fully saturated rings. The maximum Gasteiger partial charge on any atom is 0.280 e. The van der Waals surface area contributed by atoms with Gasteiger partial charge in [-0.2, -0.15) is 0 Å². The van der Waals surface area contributed by atoms with Crippen LogP contribution in [0.3, 0.4) is 0 Å². The molecule has 27 heavy (non-hydrogen) atoms. The number of carbonyl (C=O) groups is 1. The van der Waals surface area contributed by atoms with Crippen molar-refractivity contribution in [1.29, 1.82) is 0 Å². The number of oxime groups is 1. The summed E-state index contributed by atoms with van der Waals surface area (Å²) in [5.74, 6) is -0.548. The van der Waals surface area contributed by atoms with Crippen molar-refractivity contribution in [2.45, 2.75) is 36.0 Å². The van der Waals surface area contributed by atoms with Gasteiger partial charge in [-0.05, 0) is 31.9 Å². The number of thiazole rings is 1. The molecular weight excluding hydrogens is 390 g/mol. The molecule has 2 N–H and O–H groups in total. The summed E-state index contributed by atoms with van der Waals surface area (Å²) < 4.78 is 24.6. The van der Waals surface area contributed by atoms with E-state index in [1.807, 2.05) is 0 Å². The van der Waals surface area contributed by atoms with Gasteiger partial charge in [0.1, 0.15) is 6.10 Å². The first-order chi connectivity index (χ1) is 12.9. The van der Waals surface area contributed by atoms with E-state index in [9.17, 15) is 13.2 Å². The minimum Gasteiger partial charge on any atom is -0.392 e. The zero-order valence-corrected chi connectivity index (χ0v) is 16.2. The molecule has 1 aliphatic carbocycles. The number of nitrogens with one attached hydrogen (secondary N) is 1. The van der Waals surface area contributed by atoms with E-state index < -0.39 is 21.8 Å². The lowest BCUT2D eigenvalue weighted by molar-refractivity contribution is -0.110. The van der Waals surface area contributed by atoms with Crippen LogP contribution in [0, 0.1) is 0 Å². The number of anilines is 1. The number of aliphatic hydroxyl groups excluding tert-OH is 1. The van der Waals surface area contributed by atoms with E-state index in [0.29, 0.717) is 23.5 Å². The Balaban J connectivity index is 1.86. The number of hydrogen-bond donors (Lipinski definition) is 2. The Labute approximate surface area is 160 Å². The molecule has 0 spiro atoms. The Hall–Kier alpha value is -2.30. The number of hydrogen-bond acceptors (Lipinski definition) is 8. The number of amides is 1. The maximum absolute atomic E-state index is 12.6. The maximum atomic E-state index is 12.6. The molecule has 2 aromatic rings. The molecular formula is C17H19N3O5S2. The van der Waals surface area contributed by atoms with Gasteiger partial charge in [0.15, 0.2) is 20.7 Å². The van der Waals surface area contributed by atoms with E-state index in [1.54, 1.807) is 18.5 Å². The number of sulfone groups is 1. The molecule has 8 nitrogen and oxygen atoms in total. The van der Waals surface area contributed by atoms with Crippen LogP contribution in [0.2, 0.25) is 0 Å². The third-order valence-corrected chi connectivity index (χ3v) is 6.84. The van der Waals surface area contributed by atoms with Crippen LogP contribution in [0.5, 0.6) is 0 Å². The van der Waals surface area contributed by atoms with Crippen molar-refractivity contribution in [1.82, 2.24) is 4.98 Å². The van der Waals surface area contributed by atoms with E-state index in [-0.39, 0.29) is 22.5 Å². The Morgan fingerprint density at radius 3 is 2.67 bits per heavy atom. The Morgan fingerprint density at radius 2 is 2.11 bits per heavy atom. The Bertz CT molecular complexity index is 920. The SMILES string of the molecule is C[C@@H](CO)ON=C(C(=O)Nc1nccs1)c1ccc(S(=O)(=O)C2CC2)cc1. The molecule has 1 aromatic heterocycles. The summed E-state index contributed by atoms with van der Waals surface area (Å²) in [5, 5.41) is 17.4. The quantitative estimate of drug-likeness (QED) is 0.507. The zero-order valence-electron chi connectivity index (χ0n) is 14.5. The molecule has 1 atom stereocenters. The fraction of sp³-hybridized carbons (Fsp3) is 0.353. The standard InChI is InChI=1S/C17H19N3O5S2/c1-11(10-21)25-20-15(16(22)19-17-18-8-9-26-17)12-2-4-13(5-3-12)27(23,24)14-6-7-14/h2-5,8-9,11,14,21H,6-7,10H2,1H3,(H,18,19,22)/t11-/m0/s1. The van der Waals surface area contributed by atoms with E-state index >= 15 is 0 Å². The van der Waals surface area contributed by atoms with Crippen molar-refractivity contribution in [2.24, 2.45) is 5.16 Å². The fourth-order valence-electron chi connectivity index (χ4n) is 2.22. The van der Waals surface area contributed by atoms with Gasteiger partial charge in [0.05, 0.1) is 16.8 Å². The largest absolute Gasteiger partial charge is 0.392 e. The summed E-state index contributed by atoms with van der Waals surface area (Å²) in [6, 6.07) is 5.96. The predicted octanol–water partition coefficient (Wildman–Crippen LogP) is 1.82. The van der Waals surface area contributed by atoms with Crippen molar-refractivity contribution in [3.8, 4) is 0 Å². The molecule has 1 aliphatic rings. The number of carbonyl (C=O) groups excluding carboxylic acids is 1. The first-order valence-corrected chi connectivity index (χ1v) is 10.7. The summed E-state index contributed by atoms with van der Waals surface area (Å²) in [5.41, 5.74) is 0.352. The van der Waals surface area contributed by atoms with Gasteiger partial charge in [-0.25, -0.2) is 13.4 Å². The molecule has 3 rings (SSSR count). The van der Waals surface area contributed by atoms with Gasteiger partial charge in [-0.3, -0.25) is 10.1 Å². The summed E-state index contributed by atoms with van der Waals surface area (Å²) >= 11 is 1.25. The lowest BCUT2D eigenvalue weighted by atomic mass is 10.1. The van der Waals surface area contributed by atoms with Gasteiger partial charge in [0, 0.05) is 17.1 Å². The number of nitrogens with zero attached hydrogens (tertiary/aromatic N) is 2. The van der Waals surface area contributed by atoms with E-state index in [1.165, 1.54) is 35.6 Å². The van der Waals surface area contributed by atoms with Crippen molar-refractivity contribution < 1.29 is 23.2 Å². The average molecular weight is 409 g/mol. The number of benzene rings is 1. The van der Waals surface area contributed by atoms with Crippen LogP contribution >= 0.6 is 11.3 Å². The molecule has 0 saturated heterocycles. The highest BCUT2D eigenvalue weighted by Crippen LogP contribution is 2.33. The first kappa shape index (κ1) is 19.5. The highest BCUT2D eigenvalue weighted by Gasteiger charge is 2.36. The second-order valence-electron chi connectivity index (χ2n) is 6.10. The van der Waals surface area contributed by atoms with Crippen LogP contribution in [0.1, 0.15) is 25.3 Å². The predicted molar refractivity (Wildman–Crippen MR) is 102 cm³/mol. The number of rotatable bonds is 8. The highest BCUT2D eigenvalue weighted by molar-refractivity contribution is 7.92. The van der Waals surface area contributed by atoms with Crippen LogP contribution in [0.4, 0.5) is 5.13 Å². The second-order valence-corrected chi connectivity index (χ2v) is 9.22. The van der Waals surface area contributed by atoms with Gasteiger partial charge < -0.3 is 9.94 Å².